The van der Waals surface area contributed by atoms with Crippen LogP contribution in [0.25, 0.3) is 0 Å². The fourth-order valence-corrected chi connectivity index (χ4v) is 3.53. The van der Waals surface area contributed by atoms with Gasteiger partial charge in [-0.3, -0.25) is 20.1 Å². The third-order valence-corrected chi connectivity index (χ3v) is 5.35. The van der Waals surface area contributed by atoms with Crippen molar-refractivity contribution in [3.8, 4) is 0 Å². The standard InChI is InChI=1S/C16H21N5O3/c1-9-4-6-16(7-5-9)14(23)21(15(24)17-16)20-13(22)12-8-11(18-19-12)10-2-3-10/h8-10H,2-7H2,1H3,(H,17,24)(H,18,19)(H,20,22). The van der Waals surface area contributed by atoms with Crippen LogP contribution in [-0.2, 0) is 4.79 Å². The maximum atomic E-state index is 12.7. The topological polar surface area (TPSA) is 107 Å². The first-order valence-corrected chi connectivity index (χ1v) is 8.51. The zero-order chi connectivity index (χ0) is 16.9. The summed E-state index contributed by atoms with van der Waals surface area (Å²) in [6, 6.07) is 1.12. The van der Waals surface area contributed by atoms with Gasteiger partial charge in [0.1, 0.15) is 5.54 Å². The van der Waals surface area contributed by atoms with Gasteiger partial charge in [0.05, 0.1) is 0 Å². The fourth-order valence-electron chi connectivity index (χ4n) is 3.53. The number of amides is 4. The van der Waals surface area contributed by atoms with Crippen molar-refractivity contribution in [1.82, 2.24) is 25.9 Å². The first-order valence-electron chi connectivity index (χ1n) is 8.51. The molecule has 0 radical (unpaired) electrons. The minimum absolute atomic E-state index is 0.190. The highest BCUT2D eigenvalue weighted by atomic mass is 16.2. The van der Waals surface area contributed by atoms with E-state index >= 15 is 0 Å². The number of hydrogen-bond acceptors (Lipinski definition) is 4. The molecule has 4 rings (SSSR count). The van der Waals surface area contributed by atoms with E-state index in [2.05, 4.69) is 27.9 Å². The van der Waals surface area contributed by atoms with Gasteiger partial charge in [0.2, 0.25) is 0 Å². The molecule has 0 atom stereocenters. The average molecular weight is 331 g/mol. The number of hydrazine groups is 1. The molecule has 1 aromatic heterocycles. The van der Waals surface area contributed by atoms with Crippen LogP contribution in [0.5, 0.6) is 0 Å². The second-order valence-corrected chi connectivity index (χ2v) is 7.26. The number of aromatic amines is 1. The van der Waals surface area contributed by atoms with Gasteiger partial charge in [-0.15, -0.1) is 0 Å². The molecule has 1 spiro atoms. The second-order valence-electron chi connectivity index (χ2n) is 7.26. The Morgan fingerprint density at radius 2 is 2.00 bits per heavy atom. The van der Waals surface area contributed by atoms with Crippen molar-refractivity contribution in [3.63, 3.8) is 0 Å². The summed E-state index contributed by atoms with van der Waals surface area (Å²) in [7, 11) is 0. The van der Waals surface area contributed by atoms with Crippen molar-refractivity contribution in [3.05, 3.63) is 17.5 Å². The van der Waals surface area contributed by atoms with Crippen molar-refractivity contribution in [2.24, 2.45) is 5.92 Å². The van der Waals surface area contributed by atoms with Crippen LogP contribution in [0, 0.1) is 5.92 Å². The molecule has 2 heterocycles. The van der Waals surface area contributed by atoms with E-state index in [1.54, 1.807) is 6.07 Å². The molecule has 8 heteroatoms. The van der Waals surface area contributed by atoms with Gasteiger partial charge >= 0.3 is 6.03 Å². The number of aromatic nitrogens is 2. The number of carbonyl (C=O) groups is 3. The molecule has 2 saturated carbocycles. The molecule has 8 nitrogen and oxygen atoms in total. The highest BCUT2D eigenvalue weighted by molar-refractivity contribution is 6.09. The van der Waals surface area contributed by atoms with Gasteiger partial charge in [0.15, 0.2) is 5.69 Å². The van der Waals surface area contributed by atoms with E-state index in [1.165, 1.54) is 0 Å². The normalized spacial score (nSPS) is 29.9. The van der Waals surface area contributed by atoms with E-state index in [9.17, 15) is 14.4 Å². The number of nitrogens with one attached hydrogen (secondary N) is 3. The Morgan fingerprint density at radius 1 is 1.29 bits per heavy atom. The van der Waals surface area contributed by atoms with Crippen molar-refractivity contribution in [2.75, 3.05) is 0 Å². The molecule has 2 aliphatic carbocycles. The molecule has 0 unspecified atom stereocenters. The predicted molar refractivity (Wildman–Crippen MR) is 83.8 cm³/mol. The number of H-pyrrole nitrogens is 1. The number of rotatable bonds is 3. The van der Waals surface area contributed by atoms with Crippen molar-refractivity contribution in [1.29, 1.82) is 0 Å². The lowest BCUT2D eigenvalue weighted by atomic mass is 9.77. The number of hydrogen-bond donors (Lipinski definition) is 3. The van der Waals surface area contributed by atoms with Gasteiger partial charge in [-0.2, -0.15) is 10.1 Å². The molecule has 1 aromatic rings. The summed E-state index contributed by atoms with van der Waals surface area (Å²) in [6.07, 6.45) is 5.18. The van der Waals surface area contributed by atoms with Crippen LogP contribution >= 0.6 is 0 Å². The van der Waals surface area contributed by atoms with Crippen LogP contribution in [0.15, 0.2) is 6.07 Å². The number of imide groups is 1. The number of nitrogens with zero attached hydrogens (tertiary/aromatic N) is 2. The van der Waals surface area contributed by atoms with Gasteiger partial charge in [-0.25, -0.2) is 4.79 Å². The summed E-state index contributed by atoms with van der Waals surface area (Å²) in [5, 5.41) is 10.4. The van der Waals surface area contributed by atoms with E-state index < -0.39 is 17.5 Å². The maximum absolute atomic E-state index is 12.7. The van der Waals surface area contributed by atoms with Crippen molar-refractivity contribution < 1.29 is 14.4 Å². The Morgan fingerprint density at radius 3 is 2.67 bits per heavy atom. The fraction of sp³-hybridized carbons (Fsp3) is 0.625. The van der Waals surface area contributed by atoms with Crippen molar-refractivity contribution >= 4 is 17.8 Å². The Balaban J connectivity index is 1.46. The van der Waals surface area contributed by atoms with Crippen LogP contribution in [0.4, 0.5) is 4.79 Å². The minimum atomic E-state index is -0.860. The lowest BCUT2D eigenvalue weighted by molar-refractivity contribution is -0.134. The Kier molecular flexibility index (Phi) is 3.36. The number of urea groups is 1. The molecule has 3 N–H and O–H groups in total. The van der Waals surface area contributed by atoms with Gasteiger partial charge in [-0.1, -0.05) is 6.92 Å². The molecule has 4 amide bonds. The molecule has 1 saturated heterocycles. The molecule has 3 fully saturated rings. The minimum Gasteiger partial charge on any atom is -0.322 e. The van der Waals surface area contributed by atoms with Crippen LogP contribution in [0.1, 0.15) is 67.5 Å². The number of carbonyl (C=O) groups excluding carboxylic acids is 3. The van der Waals surface area contributed by atoms with E-state index in [4.69, 9.17) is 0 Å². The molecular formula is C16H21N5O3. The van der Waals surface area contributed by atoms with Crippen LogP contribution < -0.4 is 10.7 Å². The monoisotopic (exact) mass is 331 g/mol. The molecular weight excluding hydrogens is 310 g/mol. The summed E-state index contributed by atoms with van der Waals surface area (Å²) in [5.74, 6) is 0.0747. The second kappa shape index (κ2) is 5.32. The van der Waals surface area contributed by atoms with Gasteiger partial charge in [0, 0.05) is 11.6 Å². The van der Waals surface area contributed by atoms with Crippen LogP contribution in [-0.4, -0.2) is 38.6 Å². The van der Waals surface area contributed by atoms with E-state index in [0.29, 0.717) is 24.7 Å². The summed E-state index contributed by atoms with van der Waals surface area (Å²) in [4.78, 5) is 37.2. The molecule has 0 bridgehead atoms. The largest absolute Gasteiger partial charge is 0.344 e. The van der Waals surface area contributed by atoms with E-state index in [-0.39, 0.29) is 11.6 Å². The third kappa shape index (κ3) is 2.46. The van der Waals surface area contributed by atoms with E-state index in [1.807, 2.05) is 0 Å². The maximum Gasteiger partial charge on any atom is 0.344 e. The van der Waals surface area contributed by atoms with Crippen LogP contribution in [0.3, 0.4) is 0 Å². The Labute approximate surface area is 139 Å². The summed E-state index contributed by atoms with van der Waals surface area (Å²) in [5.41, 5.74) is 2.66. The van der Waals surface area contributed by atoms with Crippen LogP contribution in [0.2, 0.25) is 0 Å². The molecule has 1 aliphatic heterocycles. The zero-order valence-electron chi connectivity index (χ0n) is 13.6. The Hall–Kier alpha value is -2.38. The third-order valence-electron chi connectivity index (χ3n) is 5.35. The van der Waals surface area contributed by atoms with Gasteiger partial charge in [-0.05, 0) is 50.5 Å². The van der Waals surface area contributed by atoms with E-state index in [0.717, 1.165) is 36.4 Å². The first-order chi connectivity index (χ1) is 11.5. The molecule has 3 aliphatic rings. The quantitative estimate of drug-likeness (QED) is 0.728. The summed E-state index contributed by atoms with van der Waals surface area (Å²) < 4.78 is 0. The average Bonchev–Trinajstić information content (AvgIpc) is 3.25. The molecule has 128 valence electrons. The Bertz CT molecular complexity index is 700. The first kappa shape index (κ1) is 15.2. The lowest BCUT2D eigenvalue weighted by Crippen LogP contribution is -2.51. The zero-order valence-corrected chi connectivity index (χ0v) is 13.6. The molecule has 24 heavy (non-hydrogen) atoms. The predicted octanol–water partition coefficient (Wildman–Crippen LogP) is 1.43. The highest BCUT2D eigenvalue weighted by Gasteiger charge is 2.53. The summed E-state index contributed by atoms with van der Waals surface area (Å²) in [6.45, 7) is 2.14. The summed E-state index contributed by atoms with van der Waals surface area (Å²) >= 11 is 0. The highest BCUT2D eigenvalue weighted by Crippen LogP contribution is 2.39. The van der Waals surface area contributed by atoms with Gasteiger partial charge < -0.3 is 5.32 Å². The van der Waals surface area contributed by atoms with Crippen molar-refractivity contribution in [2.45, 2.75) is 56.9 Å². The lowest BCUT2D eigenvalue weighted by Gasteiger charge is -2.33. The SMILES string of the molecule is CC1CCC2(CC1)NC(=O)N(NC(=O)c1cc(C3CC3)[nH]n1)C2=O. The smallest absolute Gasteiger partial charge is 0.322 e. The van der Waals surface area contributed by atoms with Gasteiger partial charge in [0.25, 0.3) is 11.8 Å². The molecule has 0 aromatic carbocycles.